The summed E-state index contributed by atoms with van der Waals surface area (Å²) in [6.07, 6.45) is 6.77. The number of hydrazine groups is 1. The van der Waals surface area contributed by atoms with Gasteiger partial charge in [-0.3, -0.25) is 10.3 Å². The molecule has 1 aliphatic carbocycles. The number of hydrogen-bond acceptors (Lipinski definition) is 6. The standard InChI is InChI=1S/C27H36FN5O2/c1-2-17-11-19(34)3-4-20(17)21-5-6-22-25(24(21)28)31-32-26(22)27-29-12-23(30-27)18-7-9-33(10-8-18)13-16-14-35-15-16/h3-4,7,11-12,16,21-22,24-26,31-32,34H,2,5-6,8-10,13-15H2,1H3,(H,29,30). The summed E-state index contributed by atoms with van der Waals surface area (Å²) < 4.78 is 21.1. The lowest BCUT2D eigenvalue weighted by Crippen LogP contribution is -2.45. The second kappa shape index (κ2) is 9.65. The zero-order valence-electron chi connectivity index (χ0n) is 20.3. The number of alkyl halides is 1. The molecule has 188 valence electrons. The number of H-pyrrole nitrogens is 1. The van der Waals surface area contributed by atoms with E-state index in [0.717, 1.165) is 81.2 Å². The van der Waals surface area contributed by atoms with Crippen LogP contribution in [-0.2, 0) is 11.2 Å². The van der Waals surface area contributed by atoms with Gasteiger partial charge in [-0.05, 0) is 54.5 Å². The maximum absolute atomic E-state index is 15.8. The SMILES string of the molecule is CCc1cc(O)ccc1C1CCC2C(c3ncc(C4=CCN(CC5COC5)CC4)[nH]3)NNC2C1F. The molecule has 2 aromatic rings. The van der Waals surface area contributed by atoms with Crippen LogP contribution < -0.4 is 10.9 Å². The number of nitrogens with one attached hydrogen (secondary N) is 3. The van der Waals surface area contributed by atoms with E-state index in [9.17, 15) is 5.11 Å². The number of phenolic OH excluding ortho intramolecular Hbond substituents is 1. The fourth-order valence-electron chi connectivity index (χ4n) is 6.44. The van der Waals surface area contributed by atoms with Gasteiger partial charge in [-0.15, -0.1) is 0 Å². The Bertz CT molecular complexity index is 1080. The number of halogens is 1. The van der Waals surface area contributed by atoms with Gasteiger partial charge in [0.2, 0.25) is 0 Å². The number of aromatic hydroxyl groups is 1. The van der Waals surface area contributed by atoms with E-state index in [1.54, 1.807) is 12.1 Å². The van der Waals surface area contributed by atoms with Crippen molar-refractivity contribution in [2.75, 3.05) is 32.8 Å². The maximum atomic E-state index is 15.8. The lowest BCUT2D eigenvalue weighted by Gasteiger charge is -2.36. The van der Waals surface area contributed by atoms with Gasteiger partial charge in [-0.2, -0.15) is 0 Å². The summed E-state index contributed by atoms with van der Waals surface area (Å²) in [6, 6.07) is 5.08. The molecule has 0 spiro atoms. The molecular weight excluding hydrogens is 445 g/mol. The van der Waals surface area contributed by atoms with Crippen molar-refractivity contribution in [3.8, 4) is 5.75 Å². The van der Waals surface area contributed by atoms with Crippen molar-refractivity contribution >= 4 is 5.57 Å². The van der Waals surface area contributed by atoms with Crippen molar-refractivity contribution < 1.29 is 14.2 Å². The van der Waals surface area contributed by atoms with Gasteiger partial charge in [0, 0.05) is 37.4 Å². The number of aromatic nitrogens is 2. The molecule has 4 heterocycles. The second-order valence-corrected chi connectivity index (χ2v) is 10.6. The molecule has 1 saturated carbocycles. The molecule has 1 aromatic carbocycles. The first kappa shape index (κ1) is 23.2. The van der Waals surface area contributed by atoms with E-state index in [2.05, 4.69) is 33.7 Å². The Hall–Kier alpha value is -2.26. The van der Waals surface area contributed by atoms with Crippen molar-refractivity contribution in [2.45, 2.75) is 56.8 Å². The Morgan fingerprint density at radius 1 is 1.23 bits per heavy atom. The van der Waals surface area contributed by atoms with E-state index >= 15 is 4.39 Å². The molecule has 3 aliphatic heterocycles. The van der Waals surface area contributed by atoms with Crippen LogP contribution in [0.15, 0.2) is 30.5 Å². The van der Waals surface area contributed by atoms with Crippen LogP contribution in [0, 0.1) is 11.8 Å². The molecule has 5 atom stereocenters. The molecule has 4 aliphatic rings. The Morgan fingerprint density at radius 3 is 2.86 bits per heavy atom. The smallest absolute Gasteiger partial charge is 0.125 e. The van der Waals surface area contributed by atoms with Crippen LogP contribution in [0.1, 0.15) is 60.8 Å². The Balaban J connectivity index is 1.12. The van der Waals surface area contributed by atoms with E-state index in [1.807, 2.05) is 12.3 Å². The topological polar surface area (TPSA) is 85.4 Å². The fraction of sp³-hybridized carbons (Fsp3) is 0.593. The molecule has 4 N–H and O–H groups in total. The molecule has 0 radical (unpaired) electrons. The number of nitrogens with zero attached hydrogens (tertiary/aromatic N) is 2. The van der Waals surface area contributed by atoms with Crippen molar-refractivity contribution in [1.82, 2.24) is 25.7 Å². The lowest BCUT2D eigenvalue weighted by atomic mass is 9.71. The summed E-state index contributed by atoms with van der Waals surface area (Å²) in [5.41, 5.74) is 11.1. The van der Waals surface area contributed by atoms with Gasteiger partial charge in [-0.1, -0.05) is 19.1 Å². The number of ether oxygens (including phenoxy) is 1. The number of aromatic amines is 1. The molecule has 6 rings (SSSR count). The van der Waals surface area contributed by atoms with Gasteiger partial charge in [0.15, 0.2) is 0 Å². The number of aryl methyl sites for hydroxylation is 1. The molecule has 35 heavy (non-hydrogen) atoms. The van der Waals surface area contributed by atoms with Crippen LogP contribution in [-0.4, -0.2) is 65.0 Å². The third kappa shape index (κ3) is 4.42. The van der Waals surface area contributed by atoms with Gasteiger partial charge in [-0.25, -0.2) is 14.8 Å². The number of benzene rings is 1. The summed E-state index contributed by atoms with van der Waals surface area (Å²) in [4.78, 5) is 10.8. The third-order valence-electron chi connectivity index (χ3n) is 8.49. The lowest BCUT2D eigenvalue weighted by molar-refractivity contribution is -0.0453. The van der Waals surface area contributed by atoms with E-state index < -0.39 is 6.17 Å². The highest BCUT2D eigenvalue weighted by Gasteiger charge is 2.48. The second-order valence-electron chi connectivity index (χ2n) is 10.6. The fourth-order valence-corrected chi connectivity index (χ4v) is 6.44. The number of imidazole rings is 1. The monoisotopic (exact) mass is 481 g/mol. The summed E-state index contributed by atoms with van der Waals surface area (Å²) in [5, 5.41) is 9.86. The first-order valence-electron chi connectivity index (χ1n) is 13.1. The highest BCUT2D eigenvalue weighted by Crippen LogP contribution is 2.45. The predicted octanol–water partition coefficient (Wildman–Crippen LogP) is 3.46. The average Bonchev–Trinajstić information content (AvgIpc) is 3.50. The van der Waals surface area contributed by atoms with Crippen LogP contribution in [0.5, 0.6) is 5.75 Å². The highest BCUT2D eigenvalue weighted by atomic mass is 19.1. The van der Waals surface area contributed by atoms with Gasteiger partial charge in [0.25, 0.3) is 0 Å². The van der Waals surface area contributed by atoms with Crippen molar-refractivity contribution in [3.05, 3.63) is 53.1 Å². The van der Waals surface area contributed by atoms with Crippen LogP contribution in [0.25, 0.3) is 5.57 Å². The molecule has 0 amide bonds. The van der Waals surface area contributed by atoms with Crippen LogP contribution in [0.3, 0.4) is 0 Å². The van der Waals surface area contributed by atoms with Crippen LogP contribution in [0.4, 0.5) is 4.39 Å². The minimum Gasteiger partial charge on any atom is -0.508 e. The summed E-state index contributed by atoms with van der Waals surface area (Å²) in [6.45, 7) is 7.00. The molecule has 7 nitrogen and oxygen atoms in total. The molecule has 5 unspecified atom stereocenters. The molecule has 1 aromatic heterocycles. The number of hydrogen-bond donors (Lipinski definition) is 4. The minimum absolute atomic E-state index is 0.0299. The number of rotatable bonds is 6. The van der Waals surface area contributed by atoms with Crippen LogP contribution >= 0.6 is 0 Å². The third-order valence-corrected chi connectivity index (χ3v) is 8.49. The minimum atomic E-state index is -0.997. The van der Waals surface area contributed by atoms with E-state index in [1.165, 1.54) is 5.57 Å². The van der Waals surface area contributed by atoms with Gasteiger partial charge in [0.05, 0.1) is 37.2 Å². The maximum Gasteiger partial charge on any atom is 0.125 e. The van der Waals surface area contributed by atoms with Crippen molar-refractivity contribution in [1.29, 1.82) is 0 Å². The summed E-state index contributed by atoms with van der Waals surface area (Å²) in [5.74, 6) is 1.81. The van der Waals surface area contributed by atoms with Gasteiger partial charge in [0.1, 0.15) is 17.7 Å². The molecule has 0 bridgehead atoms. The summed E-state index contributed by atoms with van der Waals surface area (Å²) >= 11 is 0. The Morgan fingerprint density at radius 2 is 2.11 bits per heavy atom. The van der Waals surface area contributed by atoms with Crippen molar-refractivity contribution in [2.24, 2.45) is 11.8 Å². The number of fused-ring (bicyclic) bond motifs is 1. The molecular formula is C27H36FN5O2. The quantitative estimate of drug-likeness (QED) is 0.506. The largest absolute Gasteiger partial charge is 0.508 e. The predicted molar refractivity (Wildman–Crippen MR) is 133 cm³/mol. The first-order chi connectivity index (χ1) is 17.1. The first-order valence-corrected chi connectivity index (χ1v) is 13.1. The van der Waals surface area contributed by atoms with E-state index in [0.29, 0.717) is 5.92 Å². The van der Waals surface area contributed by atoms with E-state index in [4.69, 9.17) is 9.72 Å². The van der Waals surface area contributed by atoms with E-state index in [-0.39, 0.29) is 29.7 Å². The zero-order chi connectivity index (χ0) is 23.9. The molecule has 3 fully saturated rings. The number of phenols is 1. The Labute approximate surface area is 206 Å². The summed E-state index contributed by atoms with van der Waals surface area (Å²) in [7, 11) is 0. The molecule has 8 heteroatoms. The Kier molecular flexibility index (Phi) is 6.39. The van der Waals surface area contributed by atoms with Gasteiger partial charge >= 0.3 is 0 Å². The molecule has 2 saturated heterocycles. The van der Waals surface area contributed by atoms with Crippen LogP contribution in [0.2, 0.25) is 0 Å². The highest BCUT2D eigenvalue weighted by molar-refractivity contribution is 5.63. The van der Waals surface area contributed by atoms with Crippen molar-refractivity contribution in [3.63, 3.8) is 0 Å². The normalized spacial score (nSPS) is 31.7. The zero-order valence-corrected chi connectivity index (χ0v) is 20.3. The van der Waals surface area contributed by atoms with Gasteiger partial charge < -0.3 is 14.8 Å². The average molecular weight is 482 g/mol.